The number of rotatable bonds is 5. The molecule has 0 aliphatic carbocycles. The van der Waals surface area contributed by atoms with Gasteiger partial charge in [0.2, 0.25) is 0 Å². The molecular weight excluding hydrogens is 308 g/mol. The molecule has 3 aromatic rings. The maximum absolute atomic E-state index is 9.66. The van der Waals surface area contributed by atoms with E-state index in [9.17, 15) is 5.11 Å². The van der Waals surface area contributed by atoms with Crippen LogP contribution in [0.25, 0.3) is 11.1 Å². The van der Waals surface area contributed by atoms with Gasteiger partial charge in [-0.2, -0.15) is 0 Å². The molecule has 0 amide bonds. The van der Waals surface area contributed by atoms with Crippen LogP contribution in [0, 0.1) is 0 Å². The third-order valence-electron chi connectivity index (χ3n) is 4.31. The first kappa shape index (κ1) is 16.8. The van der Waals surface area contributed by atoms with Crippen molar-refractivity contribution in [2.24, 2.45) is 0 Å². The molecule has 0 atom stereocenters. The average Bonchev–Trinajstić information content (AvgIpc) is 2.68. The highest BCUT2D eigenvalue weighted by atomic mass is 16.5. The molecule has 126 valence electrons. The van der Waals surface area contributed by atoms with E-state index in [0.717, 1.165) is 23.3 Å². The van der Waals surface area contributed by atoms with E-state index >= 15 is 0 Å². The summed E-state index contributed by atoms with van der Waals surface area (Å²) in [5, 5.41) is 9.66. The van der Waals surface area contributed by atoms with Crippen LogP contribution >= 0.6 is 0 Å². The summed E-state index contributed by atoms with van der Waals surface area (Å²) in [4.78, 5) is 0. The highest BCUT2D eigenvalue weighted by Crippen LogP contribution is 2.35. The Morgan fingerprint density at radius 2 is 1.32 bits per heavy atom. The van der Waals surface area contributed by atoms with Gasteiger partial charge in [0.1, 0.15) is 11.5 Å². The summed E-state index contributed by atoms with van der Waals surface area (Å²) in [6.07, 6.45) is 0.909. The molecule has 0 fully saturated rings. The molecular formula is C23H22O2. The second-order valence-corrected chi connectivity index (χ2v) is 5.85. The van der Waals surface area contributed by atoms with E-state index in [4.69, 9.17) is 4.74 Å². The lowest BCUT2D eigenvalue weighted by atomic mass is 9.88. The first-order chi connectivity index (χ1) is 12.2. The SMILES string of the molecule is CC/C(=C(/c1ccc(O)cc1)c1ccc(OC)cc1)c1ccccc1. The van der Waals surface area contributed by atoms with Gasteiger partial charge in [-0.3, -0.25) is 0 Å². The number of hydrogen-bond donors (Lipinski definition) is 1. The monoisotopic (exact) mass is 330 g/mol. The quantitative estimate of drug-likeness (QED) is 0.602. The zero-order valence-corrected chi connectivity index (χ0v) is 14.6. The van der Waals surface area contributed by atoms with E-state index in [2.05, 4.69) is 43.3 Å². The third-order valence-corrected chi connectivity index (χ3v) is 4.31. The van der Waals surface area contributed by atoms with Crippen molar-refractivity contribution in [3.05, 3.63) is 95.6 Å². The van der Waals surface area contributed by atoms with E-state index in [-0.39, 0.29) is 5.75 Å². The van der Waals surface area contributed by atoms with E-state index < -0.39 is 0 Å². The topological polar surface area (TPSA) is 29.5 Å². The molecule has 25 heavy (non-hydrogen) atoms. The number of ether oxygens (including phenoxy) is 1. The Bertz CT molecular complexity index is 845. The van der Waals surface area contributed by atoms with Gasteiger partial charge in [0, 0.05) is 0 Å². The molecule has 0 bridgehead atoms. The van der Waals surface area contributed by atoms with Gasteiger partial charge in [-0.05, 0) is 58.5 Å². The Morgan fingerprint density at radius 3 is 1.84 bits per heavy atom. The third kappa shape index (κ3) is 3.74. The lowest BCUT2D eigenvalue weighted by Gasteiger charge is -2.16. The fourth-order valence-electron chi connectivity index (χ4n) is 3.07. The number of allylic oxidation sites excluding steroid dienone is 1. The van der Waals surface area contributed by atoms with E-state index in [1.165, 1.54) is 16.7 Å². The smallest absolute Gasteiger partial charge is 0.118 e. The first-order valence-electron chi connectivity index (χ1n) is 8.45. The van der Waals surface area contributed by atoms with Crippen molar-refractivity contribution in [2.45, 2.75) is 13.3 Å². The Labute approximate surface area is 149 Å². The summed E-state index contributed by atoms with van der Waals surface area (Å²) in [5.74, 6) is 1.11. The van der Waals surface area contributed by atoms with Crippen molar-refractivity contribution in [3.63, 3.8) is 0 Å². The Morgan fingerprint density at radius 1 is 0.760 bits per heavy atom. The van der Waals surface area contributed by atoms with Crippen LogP contribution in [-0.2, 0) is 0 Å². The fraction of sp³-hybridized carbons (Fsp3) is 0.130. The van der Waals surface area contributed by atoms with Crippen LogP contribution in [0.3, 0.4) is 0 Å². The van der Waals surface area contributed by atoms with Crippen LogP contribution in [0.2, 0.25) is 0 Å². The minimum atomic E-state index is 0.274. The number of benzene rings is 3. The van der Waals surface area contributed by atoms with Gasteiger partial charge in [0.05, 0.1) is 7.11 Å². The summed E-state index contributed by atoms with van der Waals surface area (Å²) in [7, 11) is 1.67. The van der Waals surface area contributed by atoms with Crippen molar-refractivity contribution < 1.29 is 9.84 Å². The highest BCUT2D eigenvalue weighted by Gasteiger charge is 2.13. The predicted octanol–water partition coefficient (Wildman–Crippen LogP) is 5.77. The maximum atomic E-state index is 9.66. The largest absolute Gasteiger partial charge is 0.508 e. The molecule has 3 aromatic carbocycles. The second-order valence-electron chi connectivity index (χ2n) is 5.85. The molecule has 2 nitrogen and oxygen atoms in total. The van der Waals surface area contributed by atoms with Gasteiger partial charge in [0.15, 0.2) is 0 Å². The van der Waals surface area contributed by atoms with Gasteiger partial charge >= 0.3 is 0 Å². The molecule has 3 rings (SSSR count). The van der Waals surface area contributed by atoms with Crippen molar-refractivity contribution >= 4 is 11.1 Å². The molecule has 0 unspecified atom stereocenters. The molecule has 0 aliphatic heterocycles. The number of hydrogen-bond acceptors (Lipinski definition) is 2. The van der Waals surface area contributed by atoms with E-state index in [1.54, 1.807) is 19.2 Å². The van der Waals surface area contributed by atoms with Crippen molar-refractivity contribution in [1.82, 2.24) is 0 Å². The van der Waals surface area contributed by atoms with Gasteiger partial charge in [0.25, 0.3) is 0 Å². The van der Waals surface area contributed by atoms with Gasteiger partial charge in [-0.1, -0.05) is 61.5 Å². The van der Waals surface area contributed by atoms with Gasteiger partial charge in [-0.25, -0.2) is 0 Å². The van der Waals surface area contributed by atoms with Crippen LogP contribution in [0.4, 0.5) is 0 Å². The van der Waals surface area contributed by atoms with Crippen molar-refractivity contribution in [2.75, 3.05) is 7.11 Å². The molecule has 0 aromatic heterocycles. The van der Waals surface area contributed by atoms with Crippen LogP contribution < -0.4 is 4.74 Å². The normalized spacial score (nSPS) is 11.8. The predicted molar refractivity (Wildman–Crippen MR) is 104 cm³/mol. The molecule has 0 aliphatic rings. The Kier molecular flexibility index (Phi) is 5.20. The minimum absolute atomic E-state index is 0.274. The standard InChI is InChI=1S/C23H22O2/c1-3-22(17-7-5-4-6-8-17)23(18-9-13-20(24)14-10-18)19-11-15-21(25-2)16-12-19/h4-16,24H,3H2,1-2H3/b23-22+. The molecule has 0 heterocycles. The molecule has 2 heteroatoms. The van der Waals surface area contributed by atoms with Gasteiger partial charge in [-0.15, -0.1) is 0 Å². The summed E-state index contributed by atoms with van der Waals surface area (Å²) in [5.41, 5.74) is 5.88. The zero-order chi connectivity index (χ0) is 17.6. The molecule has 0 radical (unpaired) electrons. The van der Waals surface area contributed by atoms with Crippen LogP contribution in [-0.4, -0.2) is 12.2 Å². The molecule has 0 saturated carbocycles. The van der Waals surface area contributed by atoms with Gasteiger partial charge < -0.3 is 9.84 Å². The van der Waals surface area contributed by atoms with Crippen LogP contribution in [0.1, 0.15) is 30.0 Å². The van der Waals surface area contributed by atoms with E-state index in [1.807, 2.05) is 30.3 Å². The minimum Gasteiger partial charge on any atom is -0.508 e. The Hall–Kier alpha value is -3.00. The summed E-state index contributed by atoms with van der Waals surface area (Å²) >= 11 is 0. The summed E-state index contributed by atoms with van der Waals surface area (Å²) in [6.45, 7) is 2.17. The molecule has 0 spiro atoms. The van der Waals surface area contributed by atoms with E-state index in [0.29, 0.717) is 0 Å². The zero-order valence-electron chi connectivity index (χ0n) is 14.6. The number of methoxy groups -OCH3 is 1. The van der Waals surface area contributed by atoms with Crippen molar-refractivity contribution in [3.8, 4) is 11.5 Å². The average molecular weight is 330 g/mol. The molecule has 0 saturated heterocycles. The lowest BCUT2D eigenvalue weighted by Crippen LogP contribution is -1.95. The summed E-state index contributed by atoms with van der Waals surface area (Å²) in [6, 6.07) is 26.0. The lowest BCUT2D eigenvalue weighted by molar-refractivity contribution is 0.415. The van der Waals surface area contributed by atoms with Crippen molar-refractivity contribution in [1.29, 1.82) is 0 Å². The Balaban J connectivity index is 2.23. The van der Waals surface area contributed by atoms with Crippen LogP contribution in [0.15, 0.2) is 78.9 Å². The second kappa shape index (κ2) is 7.71. The highest BCUT2D eigenvalue weighted by molar-refractivity contribution is 5.98. The molecule has 1 N–H and O–H groups in total. The first-order valence-corrected chi connectivity index (χ1v) is 8.45. The number of phenolic OH excluding ortho intramolecular Hbond substituents is 1. The summed E-state index contributed by atoms with van der Waals surface area (Å²) < 4.78 is 5.29. The number of phenols is 1. The van der Waals surface area contributed by atoms with Crippen LogP contribution in [0.5, 0.6) is 11.5 Å². The fourth-order valence-corrected chi connectivity index (χ4v) is 3.07. The number of aromatic hydroxyl groups is 1. The maximum Gasteiger partial charge on any atom is 0.118 e.